The first-order chi connectivity index (χ1) is 14.7. The molecule has 0 aliphatic heterocycles. The third kappa shape index (κ3) is 3.36. The Hall–Kier alpha value is -3.34. The highest BCUT2D eigenvalue weighted by Crippen LogP contribution is 2.22. The van der Waals surface area contributed by atoms with E-state index in [9.17, 15) is 4.79 Å². The molecule has 3 heterocycles. The SMILES string of the molecule is [2H]c1c([2H])c(C(=O)Cc2cc3nc(-c4cnc(C)n4C)ccc3cn2)c([2H])c([2H])c1C. The number of fused-ring (bicyclic) bond motifs is 1. The van der Waals surface area contributed by atoms with E-state index in [1.807, 2.05) is 30.7 Å². The summed E-state index contributed by atoms with van der Waals surface area (Å²) < 4.78 is 34.0. The van der Waals surface area contributed by atoms with Crippen LogP contribution >= 0.6 is 0 Å². The van der Waals surface area contributed by atoms with Crippen molar-refractivity contribution in [3.63, 3.8) is 0 Å². The Morgan fingerprint density at radius 1 is 1.11 bits per heavy atom. The van der Waals surface area contributed by atoms with E-state index in [2.05, 4.69) is 15.0 Å². The number of imidazole rings is 1. The molecule has 0 saturated heterocycles. The molecule has 1 aromatic carbocycles. The van der Waals surface area contributed by atoms with Crippen LogP contribution in [0.4, 0.5) is 0 Å². The Morgan fingerprint density at radius 2 is 1.89 bits per heavy atom. The fourth-order valence-corrected chi connectivity index (χ4v) is 2.80. The van der Waals surface area contributed by atoms with E-state index < -0.39 is 5.78 Å². The summed E-state index contributed by atoms with van der Waals surface area (Å²) in [5, 5.41) is 0.818. The molecular formula is C22H20N4O. The van der Waals surface area contributed by atoms with E-state index in [0.717, 1.165) is 22.6 Å². The van der Waals surface area contributed by atoms with Gasteiger partial charge in [-0.25, -0.2) is 9.97 Å². The van der Waals surface area contributed by atoms with Crippen LogP contribution in [0.3, 0.4) is 0 Å². The molecule has 0 aliphatic rings. The highest BCUT2D eigenvalue weighted by molar-refractivity contribution is 5.97. The summed E-state index contributed by atoms with van der Waals surface area (Å²) in [4.78, 5) is 26.2. The molecule has 4 aromatic rings. The number of rotatable bonds is 4. The van der Waals surface area contributed by atoms with Gasteiger partial charge in [0, 0.05) is 24.2 Å². The maximum absolute atomic E-state index is 12.9. The first-order valence-corrected chi connectivity index (χ1v) is 8.53. The second-order valence-corrected chi connectivity index (χ2v) is 6.41. The first-order valence-electron chi connectivity index (χ1n) is 10.5. The molecular weight excluding hydrogens is 336 g/mol. The average molecular weight is 360 g/mol. The largest absolute Gasteiger partial charge is 0.330 e. The monoisotopic (exact) mass is 360 g/mol. The van der Waals surface area contributed by atoms with Crippen LogP contribution in [0.25, 0.3) is 22.3 Å². The van der Waals surface area contributed by atoms with Gasteiger partial charge in [0.25, 0.3) is 0 Å². The van der Waals surface area contributed by atoms with E-state index in [0.29, 0.717) is 11.2 Å². The second kappa shape index (κ2) is 6.76. The van der Waals surface area contributed by atoms with Gasteiger partial charge in [0.1, 0.15) is 5.82 Å². The van der Waals surface area contributed by atoms with E-state index in [-0.39, 0.29) is 41.7 Å². The van der Waals surface area contributed by atoms with Gasteiger partial charge in [0.05, 0.1) is 40.7 Å². The molecule has 134 valence electrons. The van der Waals surface area contributed by atoms with Crippen LogP contribution < -0.4 is 0 Å². The quantitative estimate of drug-likeness (QED) is 0.515. The molecule has 0 saturated carbocycles. The molecule has 0 amide bonds. The number of benzene rings is 1. The predicted molar refractivity (Wildman–Crippen MR) is 106 cm³/mol. The minimum atomic E-state index is -0.512. The highest BCUT2D eigenvalue weighted by atomic mass is 16.1. The van der Waals surface area contributed by atoms with Crippen LogP contribution in [-0.2, 0) is 13.5 Å². The van der Waals surface area contributed by atoms with E-state index in [1.165, 1.54) is 6.92 Å². The lowest BCUT2D eigenvalue weighted by Gasteiger charge is -2.06. The van der Waals surface area contributed by atoms with Crippen LogP contribution in [0, 0.1) is 13.8 Å². The molecule has 0 unspecified atom stereocenters. The predicted octanol–water partition coefficient (Wildman–Crippen LogP) is 4.07. The van der Waals surface area contributed by atoms with Crippen LogP contribution in [-0.4, -0.2) is 25.3 Å². The van der Waals surface area contributed by atoms with Crippen molar-refractivity contribution in [3.8, 4) is 11.4 Å². The molecule has 0 bridgehead atoms. The van der Waals surface area contributed by atoms with Crippen molar-refractivity contribution < 1.29 is 10.3 Å². The Morgan fingerprint density at radius 3 is 2.59 bits per heavy atom. The van der Waals surface area contributed by atoms with Gasteiger partial charge >= 0.3 is 0 Å². The van der Waals surface area contributed by atoms with Crippen molar-refractivity contribution in [2.45, 2.75) is 20.3 Å². The number of hydrogen-bond donors (Lipinski definition) is 0. The molecule has 0 fully saturated rings. The minimum absolute atomic E-state index is 0.146. The standard InChI is InChI=1S/C22H20N4O/c1-14-4-6-16(7-5-14)22(27)11-18-10-20-17(12-24-18)8-9-19(25-20)21-13-23-15(2)26(21)3/h4-10,12-13H,11H2,1-3H3/i4D,5D,6D,7D. The highest BCUT2D eigenvalue weighted by Gasteiger charge is 2.11. The number of Topliss-reactive ketones (excluding diaryl/α,β-unsaturated/α-hetero) is 1. The van der Waals surface area contributed by atoms with Crippen LogP contribution in [0.2, 0.25) is 0 Å². The Bertz CT molecular complexity index is 1330. The number of ketones is 1. The maximum Gasteiger partial charge on any atom is 0.168 e. The summed E-state index contributed by atoms with van der Waals surface area (Å²) in [6.45, 7) is 3.42. The topological polar surface area (TPSA) is 60.7 Å². The van der Waals surface area contributed by atoms with Gasteiger partial charge in [0.15, 0.2) is 5.78 Å². The fraction of sp³-hybridized carbons (Fsp3) is 0.182. The lowest BCUT2D eigenvalue weighted by atomic mass is 10.0. The summed E-state index contributed by atoms with van der Waals surface area (Å²) >= 11 is 0. The first kappa shape index (κ1) is 12.9. The van der Waals surface area contributed by atoms with Gasteiger partial charge in [0.2, 0.25) is 0 Å². The summed E-state index contributed by atoms with van der Waals surface area (Å²) in [6, 6.07) is 4.46. The summed E-state index contributed by atoms with van der Waals surface area (Å²) in [6.07, 6.45) is 3.24. The Labute approximate surface area is 163 Å². The van der Waals surface area contributed by atoms with Crippen molar-refractivity contribution in [1.29, 1.82) is 0 Å². The van der Waals surface area contributed by atoms with Crippen molar-refractivity contribution >= 4 is 16.7 Å². The van der Waals surface area contributed by atoms with Crippen molar-refractivity contribution in [1.82, 2.24) is 19.5 Å². The molecule has 3 aromatic heterocycles. The minimum Gasteiger partial charge on any atom is -0.330 e. The van der Waals surface area contributed by atoms with Crippen LogP contribution in [0.5, 0.6) is 0 Å². The zero-order chi connectivity index (χ0) is 22.4. The normalized spacial score (nSPS) is 13.1. The zero-order valence-corrected chi connectivity index (χ0v) is 15.3. The van der Waals surface area contributed by atoms with Gasteiger partial charge in [-0.2, -0.15) is 0 Å². The molecule has 0 N–H and O–H groups in total. The number of hydrogen-bond acceptors (Lipinski definition) is 4. The van der Waals surface area contributed by atoms with Gasteiger partial charge < -0.3 is 4.57 Å². The Balaban J connectivity index is 1.71. The smallest absolute Gasteiger partial charge is 0.168 e. The molecule has 0 radical (unpaired) electrons. The molecule has 0 aliphatic carbocycles. The molecule has 4 rings (SSSR count). The van der Waals surface area contributed by atoms with Crippen molar-refractivity contribution in [2.24, 2.45) is 7.05 Å². The third-order valence-electron chi connectivity index (χ3n) is 4.48. The average Bonchev–Trinajstić information content (AvgIpc) is 3.09. The summed E-state index contributed by atoms with van der Waals surface area (Å²) in [7, 11) is 1.92. The lowest BCUT2D eigenvalue weighted by Crippen LogP contribution is -2.05. The lowest BCUT2D eigenvalue weighted by molar-refractivity contribution is 0.0992. The third-order valence-corrected chi connectivity index (χ3v) is 4.48. The second-order valence-electron chi connectivity index (χ2n) is 6.41. The maximum atomic E-state index is 12.9. The number of pyridine rings is 2. The fourth-order valence-electron chi connectivity index (χ4n) is 2.80. The summed E-state index contributed by atoms with van der Waals surface area (Å²) in [5.41, 5.74) is 2.74. The van der Waals surface area contributed by atoms with Crippen LogP contribution in [0.1, 0.15) is 32.9 Å². The zero-order valence-electron chi connectivity index (χ0n) is 19.3. The van der Waals surface area contributed by atoms with E-state index >= 15 is 0 Å². The molecule has 5 heteroatoms. The Kier molecular flexibility index (Phi) is 3.24. The van der Waals surface area contributed by atoms with Gasteiger partial charge in [-0.15, -0.1) is 0 Å². The van der Waals surface area contributed by atoms with Crippen molar-refractivity contribution in [3.05, 3.63) is 77.4 Å². The number of nitrogens with zero attached hydrogens (tertiary/aromatic N) is 4. The molecule has 27 heavy (non-hydrogen) atoms. The van der Waals surface area contributed by atoms with Crippen molar-refractivity contribution in [2.75, 3.05) is 0 Å². The summed E-state index contributed by atoms with van der Waals surface area (Å²) in [5.74, 6) is 0.359. The molecule has 5 nitrogen and oxygen atoms in total. The van der Waals surface area contributed by atoms with E-state index in [1.54, 1.807) is 18.5 Å². The number of carbonyl (C=O) groups excluding carboxylic acids is 1. The van der Waals surface area contributed by atoms with Gasteiger partial charge in [-0.3, -0.25) is 9.78 Å². The number of carbonyl (C=O) groups is 1. The van der Waals surface area contributed by atoms with Gasteiger partial charge in [-0.1, -0.05) is 29.7 Å². The number of aromatic nitrogens is 4. The van der Waals surface area contributed by atoms with E-state index in [4.69, 9.17) is 5.48 Å². The van der Waals surface area contributed by atoms with Gasteiger partial charge in [-0.05, 0) is 32.0 Å². The molecule has 0 spiro atoms. The number of aryl methyl sites for hydroxylation is 1. The molecule has 0 atom stereocenters. The van der Waals surface area contributed by atoms with Crippen LogP contribution in [0.15, 0.2) is 54.8 Å².